The molecule has 1 aliphatic rings. The molecule has 1 aliphatic heterocycles. The van der Waals surface area contributed by atoms with E-state index in [0.29, 0.717) is 38.0 Å². The summed E-state index contributed by atoms with van der Waals surface area (Å²) in [5.74, 6) is 0.698. The number of aromatic nitrogens is 3. The molecule has 2 amide bonds. The predicted octanol–water partition coefficient (Wildman–Crippen LogP) is 2.22. The number of para-hydroxylation sites is 2. The molecule has 1 saturated heterocycles. The van der Waals surface area contributed by atoms with Crippen LogP contribution in [0, 0.1) is 6.92 Å². The number of amides is 2. The second kappa shape index (κ2) is 6.12. The molecule has 3 heterocycles. The maximum absolute atomic E-state index is 12.4. The summed E-state index contributed by atoms with van der Waals surface area (Å²) < 4.78 is 7.47. The van der Waals surface area contributed by atoms with Crippen LogP contribution < -0.4 is 10.2 Å². The molecule has 1 fully saturated rings. The Kier molecular flexibility index (Phi) is 3.79. The molecular formula is C17H20N6O2. The first-order chi connectivity index (χ1) is 12.1. The first-order valence-electron chi connectivity index (χ1n) is 8.27. The molecule has 0 spiro atoms. The van der Waals surface area contributed by atoms with Crippen molar-refractivity contribution >= 4 is 29.0 Å². The van der Waals surface area contributed by atoms with Crippen molar-refractivity contribution in [1.29, 1.82) is 0 Å². The Labute approximate surface area is 145 Å². The van der Waals surface area contributed by atoms with Crippen LogP contribution in [0.15, 0.2) is 34.7 Å². The van der Waals surface area contributed by atoms with Crippen molar-refractivity contribution in [2.75, 3.05) is 36.4 Å². The van der Waals surface area contributed by atoms with Gasteiger partial charge in [0.25, 0.3) is 6.01 Å². The Hall–Kier alpha value is -3.03. The lowest BCUT2D eigenvalue weighted by Crippen LogP contribution is -2.50. The molecule has 0 unspecified atom stereocenters. The molecule has 4 rings (SSSR count). The molecule has 0 aliphatic carbocycles. The van der Waals surface area contributed by atoms with Gasteiger partial charge in [-0.25, -0.2) is 4.79 Å². The van der Waals surface area contributed by atoms with Gasteiger partial charge in [-0.15, -0.1) is 0 Å². The number of benzene rings is 1. The topological polar surface area (TPSA) is 79.4 Å². The fourth-order valence-electron chi connectivity index (χ4n) is 3.01. The molecule has 8 nitrogen and oxygen atoms in total. The Bertz CT molecular complexity index is 874. The standard InChI is InChI=1S/C17H20N6O2/c1-12-11-15(21(2)20-12)19-16(24)22-7-9-23(10-8-22)17-18-13-5-3-4-6-14(13)25-17/h3-6,11H,7-10H2,1-2H3,(H,19,24). The van der Waals surface area contributed by atoms with E-state index < -0.39 is 0 Å². The lowest BCUT2D eigenvalue weighted by Gasteiger charge is -2.33. The number of nitrogens with zero attached hydrogens (tertiary/aromatic N) is 5. The van der Waals surface area contributed by atoms with Gasteiger partial charge in [-0.3, -0.25) is 10.00 Å². The van der Waals surface area contributed by atoms with E-state index in [1.165, 1.54) is 0 Å². The van der Waals surface area contributed by atoms with Crippen LogP contribution >= 0.6 is 0 Å². The summed E-state index contributed by atoms with van der Waals surface area (Å²) in [6.45, 7) is 4.49. The van der Waals surface area contributed by atoms with Crippen LogP contribution in [-0.2, 0) is 7.05 Å². The minimum Gasteiger partial charge on any atom is -0.423 e. The lowest BCUT2D eigenvalue weighted by atomic mass is 10.3. The third kappa shape index (κ3) is 3.02. The number of piperazine rings is 1. The summed E-state index contributed by atoms with van der Waals surface area (Å²) in [6.07, 6.45) is 0. The molecule has 130 valence electrons. The number of hydrogen-bond donors (Lipinski definition) is 1. The molecule has 0 bridgehead atoms. The van der Waals surface area contributed by atoms with Crippen LogP contribution in [0.4, 0.5) is 16.6 Å². The van der Waals surface area contributed by atoms with Gasteiger partial charge in [-0.2, -0.15) is 10.1 Å². The van der Waals surface area contributed by atoms with E-state index in [0.717, 1.165) is 16.8 Å². The van der Waals surface area contributed by atoms with Gasteiger partial charge in [0.05, 0.1) is 5.69 Å². The van der Waals surface area contributed by atoms with Crippen LogP contribution in [0.3, 0.4) is 0 Å². The summed E-state index contributed by atoms with van der Waals surface area (Å²) >= 11 is 0. The third-order valence-electron chi connectivity index (χ3n) is 4.36. The molecule has 0 atom stereocenters. The molecule has 0 saturated carbocycles. The molecule has 2 aromatic heterocycles. The first kappa shape index (κ1) is 15.5. The number of urea groups is 1. The number of fused-ring (bicyclic) bond motifs is 1. The van der Waals surface area contributed by atoms with Crippen LogP contribution in [0.25, 0.3) is 11.1 Å². The average molecular weight is 340 g/mol. The van der Waals surface area contributed by atoms with E-state index in [9.17, 15) is 4.79 Å². The summed E-state index contributed by atoms with van der Waals surface area (Å²) in [7, 11) is 1.81. The SMILES string of the molecule is Cc1cc(NC(=O)N2CCN(c3nc4ccccc4o3)CC2)n(C)n1. The van der Waals surface area contributed by atoms with E-state index in [-0.39, 0.29) is 6.03 Å². The fraction of sp³-hybridized carbons (Fsp3) is 0.353. The number of nitrogens with one attached hydrogen (secondary N) is 1. The fourth-order valence-corrected chi connectivity index (χ4v) is 3.01. The van der Waals surface area contributed by atoms with Crippen molar-refractivity contribution < 1.29 is 9.21 Å². The van der Waals surface area contributed by atoms with E-state index in [1.54, 1.807) is 9.58 Å². The van der Waals surface area contributed by atoms with Gasteiger partial charge in [0.2, 0.25) is 0 Å². The quantitative estimate of drug-likeness (QED) is 0.774. The Balaban J connectivity index is 1.39. The van der Waals surface area contributed by atoms with Gasteiger partial charge in [-0.05, 0) is 19.1 Å². The second-order valence-electron chi connectivity index (χ2n) is 6.16. The van der Waals surface area contributed by atoms with Crippen LogP contribution in [0.1, 0.15) is 5.69 Å². The Morgan fingerprint density at radius 1 is 1.20 bits per heavy atom. The monoisotopic (exact) mass is 340 g/mol. The maximum Gasteiger partial charge on any atom is 0.323 e. The van der Waals surface area contributed by atoms with E-state index in [4.69, 9.17) is 4.42 Å². The molecule has 1 aromatic carbocycles. The van der Waals surface area contributed by atoms with Gasteiger partial charge in [0.15, 0.2) is 5.58 Å². The highest BCUT2D eigenvalue weighted by atomic mass is 16.4. The van der Waals surface area contributed by atoms with E-state index >= 15 is 0 Å². The number of anilines is 2. The summed E-state index contributed by atoms with van der Waals surface area (Å²) in [5.41, 5.74) is 2.51. The molecule has 8 heteroatoms. The second-order valence-corrected chi connectivity index (χ2v) is 6.16. The minimum atomic E-state index is -0.111. The number of carbonyl (C=O) groups excluding carboxylic acids is 1. The zero-order valence-electron chi connectivity index (χ0n) is 14.3. The van der Waals surface area contributed by atoms with Crippen molar-refractivity contribution in [3.05, 3.63) is 36.0 Å². The van der Waals surface area contributed by atoms with Gasteiger partial charge in [-0.1, -0.05) is 12.1 Å². The zero-order chi connectivity index (χ0) is 17.4. The van der Waals surface area contributed by atoms with Gasteiger partial charge < -0.3 is 14.2 Å². The van der Waals surface area contributed by atoms with Crippen LogP contribution in [0.5, 0.6) is 0 Å². The average Bonchev–Trinajstić information content (AvgIpc) is 3.18. The molecule has 1 N–H and O–H groups in total. The number of rotatable bonds is 2. The van der Waals surface area contributed by atoms with Gasteiger partial charge >= 0.3 is 6.03 Å². The van der Waals surface area contributed by atoms with Crippen LogP contribution in [-0.4, -0.2) is 51.9 Å². The van der Waals surface area contributed by atoms with Crippen molar-refractivity contribution in [3.63, 3.8) is 0 Å². The molecule has 25 heavy (non-hydrogen) atoms. The lowest BCUT2D eigenvalue weighted by molar-refractivity contribution is 0.207. The van der Waals surface area contributed by atoms with E-state index in [1.807, 2.05) is 44.3 Å². The summed E-state index contributed by atoms with van der Waals surface area (Å²) in [6, 6.07) is 10.1. The number of carbonyl (C=O) groups is 1. The highest BCUT2D eigenvalue weighted by molar-refractivity contribution is 5.88. The van der Waals surface area contributed by atoms with Gasteiger partial charge in [0, 0.05) is 39.3 Å². The smallest absolute Gasteiger partial charge is 0.323 e. The Morgan fingerprint density at radius 2 is 1.96 bits per heavy atom. The maximum atomic E-state index is 12.4. The van der Waals surface area contributed by atoms with Crippen molar-refractivity contribution in [1.82, 2.24) is 19.7 Å². The third-order valence-corrected chi connectivity index (χ3v) is 4.36. The minimum absolute atomic E-state index is 0.111. The highest BCUT2D eigenvalue weighted by Gasteiger charge is 2.24. The summed E-state index contributed by atoms with van der Waals surface area (Å²) in [4.78, 5) is 20.8. The number of aryl methyl sites for hydroxylation is 2. The van der Waals surface area contributed by atoms with Crippen molar-refractivity contribution in [2.45, 2.75) is 6.92 Å². The first-order valence-corrected chi connectivity index (χ1v) is 8.27. The molecule has 0 radical (unpaired) electrons. The Morgan fingerprint density at radius 3 is 2.64 bits per heavy atom. The number of hydrogen-bond acceptors (Lipinski definition) is 5. The number of oxazole rings is 1. The van der Waals surface area contributed by atoms with Crippen molar-refractivity contribution in [3.8, 4) is 0 Å². The predicted molar refractivity (Wildman–Crippen MR) is 94.8 cm³/mol. The molecule has 3 aromatic rings. The van der Waals surface area contributed by atoms with Gasteiger partial charge in [0.1, 0.15) is 11.3 Å². The van der Waals surface area contributed by atoms with Crippen molar-refractivity contribution in [2.24, 2.45) is 7.05 Å². The molecular weight excluding hydrogens is 320 g/mol. The zero-order valence-corrected chi connectivity index (χ0v) is 14.3. The summed E-state index contributed by atoms with van der Waals surface area (Å²) in [5, 5.41) is 7.14. The highest BCUT2D eigenvalue weighted by Crippen LogP contribution is 2.22. The normalized spacial score (nSPS) is 15.0. The largest absolute Gasteiger partial charge is 0.423 e. The van der Waals surface area contributed by atoms with E-state index in [2.05, 4.69) is 20.3 Å². The van der Waals surface area contributed by atoms with Crippen LogP contribution in [0.2, 0.25) is 0 Å².